The van der Waals surface area contributed by atoms with E-state index in [-0.39, 0.29) is 30.1 Å². The monoisotopic (exact) mass is 494 g/mol. The first-order valence-corrected chi connectivity index (χ1v) is 8.49. The first-order chi connectivity index (χ1) is 12.1. The molecular weight excluding hydrogens is 471 g/mol. The van der Waals surface area contributed by atoms with Gasteiger partial charge in [-0.25, -0.2) is 4.98 Å². The summed E-state index contributed by atoms with van der Waals surface area (Å²) in [6, 6.07) is 3.73. The van der Waals surface area contributed by atoms with E-state index in [2.05, 4.69) is 30.8 Å². The molecule has 0 aliphatic carbocycles. The summed E-state index contributed by atoms with van der Waals surface area (Å²) in [7, 11) is 1.70. The highest BCUT2D eigenvalue weighted by molar-refractivity contribution is 14.0. The molecule has 0 amide bonds. The lowest BCUT2D eigenvalue weighted by molar-refractivity contribution is 0.0683. The van der Waals surface area contributed by atoms with Gasteiger partial charge in [0.15, 0.2) is 11.8 Å². The van der Waals surface area contributed by atoms with E-state index in [4.69, 9.17) is 20.9 Å². The molecule has 0 saturated heterocycles. The number of nitrogens with zero attached hydrogens (tertiary/aromatic N) is 4. The van der Waals surface area contributed by atoms with Crippen LogP contribution in [0.5, 0.6) is 0 Å². The van der Waals surface area contributed by atoms with Gasteiger partial charge in [-0.2, -0.15) is 4.98 Å². The summed E-state index contributed by atoms with van der Waals surface area (Å²) in [6.07, 6.45) is 2.38. The van der Waals surface area contributed by atoms with Gasteiger partial charge in [0.1, 0.15) is 11.3 Å². The number of hydrogen-bond acceptors (Lipinski definition) is 6. The highest BCUT2D eigenvalue weighted by Crippen LogP contribution is 2.12. The molecule has 0 radical (unpaired) electrons. The quantitative estimate of drug-likeness (QED) is 0.252. The molecule has 2 aromatic rings. The van der Waals surface area contributed by atoms with Crippen LogP contribution in [0.4, 0.5) is 0 Å². The molecule has 2 rings (SSSR count). The van der Waals surface area contributed by atoms with E-state index in [1.165, 1.54) is 0 Å². The average Bonchev–Trinajstić information content (AvgIpc) is 3.09. The van der Waals surface area contributed by atoms with Crippen LogP contribution in [0.15, 0.2) is 27.8 Å². The van der Waals surface area contributed by atoms with Gasteiger partial charge in [0, 0.05) is 26.4 Å². The Labute approximate surface area is 175 Å². The number of hydrogen-bond donors (Lipinski definition) is 2. The van der Waals surface area contributed by atoms with Crippen molar-refractivity contribution in [3.8, 4) is 0 Å². The second-order valence-corrected chi connectivity index (χ2v) is 5.62. The zero-order valence-corrected chi connectivity index (χ0v) is 18.1. The van der Waals surface area contributed by atoms with E-state index in [0.29, 0.717) is 42.5 Å². The Morgan fingerprint density at radius 1 is 1.38 bits per heavy atom. The lowest BCUT2D eigenvalue weighted by Crippen LogP contribution is -2.37. The van der Waals surface area contributed by atoms with Crippen molar-refractivity contribution in [3.63, 3.8) is 0 Å². The van der Waals surface area contributed by atoms with Crippen LogP contribution in [0.1, 0.15) is 37.2 Å². The summed E-state index contributed by atoms with van der Waals surface area (Å²) in [5, 5.41) is 10.8. The van der Waals surface area contributed by atoms with E-state index in [1.807, 2.05) is 19.9 Å². The molecule has 2 aromatic heterocycles. The van der Waals surface area contributed by atoms with Gasteiger partial charge in [-0.05, 0) is 31.9 Å². The highest BCUT2D eigenvalue weighted by Gasteiger charge is 2.13. The van der Waals surface area contributed by atoms with Crippen LogP contribution in [0, 0.1) is 0 Å². The van der Waals surface area contributed by atoms with Gasteiger partial charge in [0.2, 0.25) is 5.89 Å². The van der Waals surface area contributed by atoms with Crippen molar-refractivity contribution in [2.24, 2.45) is 4.99 Å². The molecule has 0 spiro atoms. The van der Waals surface area contributed by atoms with Gasteiger partial charge in [0.05, 0.1) is 6.54 Å². The fourth-order valence-corrected chi connectivity index (χ4v) is 2.20. The van der Waals surface area contributed by atoms with Crippen molar-refractivity contribution in [2.75, 3.05) is 20.2 Å². The Morgan fingerprint density at radius 2 is 2.19 bits per heavy atom. The first kappa shape index (κ1) is 22.6. The number of pyridine rings is 1. The highest BCUT2D eigenvalue weighted by atomic mass is 127. The summed E-state index contributed by atoms with van der Waals surface area (Å²) in [4.78, 5) is 12.5. The van der Waals surface area contributed by atoms with Crippen molar-refractivity contribution in [1.29, 1.82) is 0 Å². The Hall–Kier alpha value is -1.46. The molecule has 1 unspecified atom stereocenters. The molecule has 0 fully saturated rings. The van der Waals surface area contributed by atoms with Crippen LogP contribution >= 0.6 is 35.6 Å². The smallest absolute Gasteiger partial charge is 0.246 e. The predicted molar refractivity (Wildman–Crippen MR) is 111 cm³/mol. The average molecular weight is 495 g/mol. The number of halogens is 2. The lowest BCUT2D eigenvalue weighted by atomic mass is 10.2. The fraction of sp³-hybridized carbons (Fsp3) is 0.500. The molecule has 0 saturated carbocycles. The SMILES string of the molecule is CCOC(C)c1noc(CNC(=NC)NCCc2ccc(Cl)nc2)n1.I. The van der Waals surface area contributed by atoms with E-state index in [9.17, 15) is 0 Å². The van der Waals surface area contributed by atoms with Gasteiger partial charge < -0.3 is 19.9 Å². The topological polar surface area (TPSA) is 97.5 Å². The van der Waals surface area contributed by atoms with Crippen LogP contribution in [-0.2, 0) is 17.7 Å². The molecule has 1 atom stereocenters. The third-order valence-corrected chi connectivity index (χ3v) is 3.61. The molecule has 144 valence electrons. The summed E-state index contributed by atoms with van der Waals surface area (Å²) in [6.45, 7) is 5.50. The van der Waals surface area contributed by atoms with E-state index >= 15 is 0 Å². The number of aromatic nitrogens is 3. The minimum Gasteiger partial charge on any atom is -0.371 e. The maximum Gasteiger partial charge on any atom is 0.246 e. The van der Waals surface area contributed by atoms with E-state index in [0.717, 1.165) is 12.0 Å². The van der Waals surface area contributed by atoms with Gasteiger partial charge in [-0.3, -0.25) is 4.99 Å². The molecule has 0 aliphatic rings. The van der Waals surface area contributed by atoms with Crippen LogP contribution in [-0.4, -0.2) is 41.3 Å². The van der Waals surface area contributed by atoms with Crippen molar-refractivity contribution in [1.82, 2.24) is 25.8 Å². The molecule has 0 aliphatic heterocycles. The molecule has 10 heteroatoms. The third kappa shape index (κ3) is 7.42. The van der Waals surface area contributed by atoms with Crippen LogP contribution in [0.3, 0.4) is 0 Å². The Bertz CT molecular complexity index is 680. The molecule has 2 heterocycles. The minimum atomic E-state index is -0.187. The summed E-state index contributed by atoms with van der Waals surface area (Å²) < 4.78 is 10.6. The summed E-state index contributed by atoms with van der Waals surface area (Å²) in [5.41, 5.74) is 1.10. The predicted octanol–water partition coefficient (Wildman–Crippen LogP) is 2.74. The second-order valence-electron chi connectivity index (χ2n) is 5.24. The van der Waals surface area contributed by atoms with Crippen LogP contribution in [0.25, 0.3) is 0 Å². The number of nitrogens with one attached hydrogen (secondary N) is 2. The van der Waals surface area contributed by atoms with Crippen molar-refractivity contribution in [2.45, 2.75) is 32.9 Å². The fourth-order valence-electron chi connectivity index (χ4n) is 2.09. The maximum atomic E-state index is 5.77. The zero-order valence-electron chi connectivity index (χ0n) is 15.0. The zero-order chi connectivity index (χ0) is 18.1. The van der Waals surface area contributed by atoms with Crippen molar-refractivity contribution >= 4 is 41.5 Å². The molecule has 0 aromatic carbocycles. The van der Waals surface area contributed by atoms with Crippen molar-refractivity contribution < 1.29 is 9.26 Å². The largest absolute Gasteiger partial charge is 0.371 e. The molecule has 8 nitrogen and oxygen atoms in total. The van der Waals surface area contributed by atoms with Crippen molar-refractivity contribution in [3.05, 3.63) is 40.8 Å². The lowest BCUT2D eigenvalue weighted by Gasteiger charge is -2.10. The number of guanidine groups is 1. The van der Waals surface area contributed by atoms with Gasteiger partial charge in [-0.15, -0.1) is 24.0 Å². The minimum absolute atomic E-state index is 0. The van der Waals surface area contributed by atoms with Gasteiger partial charge in [0.25, 0.3) is 0 Å². The van der Waals surface area contributed by atoms with E-state index < -0.39 is 0 Å². The van der Waals surface area contributed by atoms with Crippen LogP contribution < -0.4 is 10.6 Å². The normalized spacial score (nSPS) is 12.4. The summed E-state index contributed by atoms with van der Waals surface area (Å²) >= 11 is 5.77. The summed E-state index contributed by atoms with van der Waals surface area (Å²) in [5.74, 6) is 1.67. The Kier molecular flexibility index (Phi) is 10.4. The Morgan fingerprint density at radius 3 is 2.85 bits per heavy atom. The molecule has 26 heavy (non-hydrogen) atoms. The number of aliphatic imine (C=N–C) groups is 1. The van der Waals surface area contributed by atoms with E-state index in [1.54, 1.807) is 19.3 Å². The van der Waals surface area contributed by atoms with Gasteiger partial charge >= 0.3 is 0 Å². The third-order valence-electron chi connectivity index (χ3n) is 3.39. The molecule has 2 N–H and O–H groups in total. The van der Waals surface area contributed by atoms with Crippen LogP contribution in [0.2, 0.25) is 5.15 Å². The maximum absolute atomic E-state index is 5.77. The molecular formula is C16H24ClIN6O2. The number of ether oxygens (including phenoxy) is 1. The molecule has 0 bridgehead atoms. The standard InChI is InChI=1S/C16H23ClN6O2.HI/c1-4-24-11(2)15-22-14(25-23-15)10-21-16(18-3)19-8-7-12-5-6-13(17)20-9-12;/h5-6,9,11H,4,7-8,10H2,1-3H3,(H2,18,19,21);1H. The van der Waals surface area contributed by atoms with Gasteiger partial charge in [-0.1, -0.05) is 22.8 Å². The Balaban J connectivity index is 0.00000338. The number of rotatable bonds is 8. The first-order valence-electron chi connectivity index (χ1n) is 8.11. The second kappa shape index (κ2) is 12.0.